The van der Waals surface area contributed by atoms with Gasteiger partial charge in [-0.15, -0.1) is 0 Å². The molecule has 3 aromatic rings. The molecule has 4 atom stereocenters. The Morgan fingerprint density at radius 1 is 1.03 bits per heavy atom. The number of ether oxygens (including phenoxy) is 1. The zero-order valence-corrected chi connectivity index (χ0v) is 22.2. The number of aromatic nitrogens is 2. The number of esters is 1. The maximum absolute atomic E-state index is 14.5. The minimum Gasteiger partial charge on any atom is -0.508 e. The van der Waals surface area contributed by atoms with E-state index in [2.05, 4.69) is 42.2 Å². The zero-order valence-electron chi connectivity index (χ0n) is 22.2. The van der Waals surface area contributed by atoms with Crippen LogP contribution >= 0.6 is 0 Å². The van der Waals surface area contributed by atoms with Crippen LogP contribution in [0.15, 0.2) is 66.9 Å². The first-order chi connectivity index (χ1) is 18.0. The molecule has 2 saturated carbocycles. The Hall–Kier alpha value is -3.08. The molecule has 1 heterocycles. The van der Waals surface area contributed by atoms with Crippen LogP contribution in [-0.2, 0) is 4.79 Å². The van der Waals surface area contributed by atoms with Crippen LogP contribution in [0, 0.1) is 16.7 Å². The van der Waals surface area contributed by atoms with Crippen LogP contribution < -0.4 is 4.74 Å². The topological polar surface area (TPSA) is 75.2 Å². The summed E-state index contributed by atoms with van der Waals surface area (Å²) < 4.78 is 6.22. The Balaban J connectivity index is 1.70. The van der Waals surface area contributed by atoms with Gasteiger partial charge in [0.2, 0.25) is 0 Å². The second-order valence-corrected chi connectivity index (χ2v) is 11.2. The number of H-pyrrole nitrogens is 1. The molecule has 2 aliphatic rings. The van der Waals surface area contributed by atoms with Gasteiger partial charge < -0.3 is 9.84 Å². The largest absolute Gasteiger partial charge is 0.508 e. The monoisotopic (exact) mass is 500 g/mol. The number of phenolic OH excluding ortho intramolecular Hbond substituents is 1. The van der Waals surface area contributed by atoms with Crippen LogP contribution in [0.2, 0.25) is 0 Å². The Labute approximate surface area is 220 Å². The molecule has 4 unspecified atom stereocenters. The number of rotatable bonds is 9. The lowest BCUT2D eigenvalue weighted by Crippen LogP contribution is -2.56. The van der Waals surface area contributed by atoms with E-state index >= 15 is 0 Å². The maximum Gasteiger partial charge on any atom is 0.318 e. The van der Waals surface area contributed by atoms with Crippen molar-refractivity contribution in [3.63, 3.8) is 0 Å². The van der Waals surface area contributed by atoms with E-state index in [1.165, 1.54) is 5.56 Å². The maximum atomic E-state index is 14.5. The minimum atomic E-state index is -0.645. The van der Waals surface area contributed by atoms with E-state index in [1.54, 1.807) is 12.1 Å². The summed E-state index contributed by atoms with van der Waals surface area (Å²) in [4.78, 5) is 14.5. The van der Waals surface area contributed by atoms with Gasteiger partial charge in [-0.05, 0) is 91.7 Å². The average Bonchev–Trinajstić information content (AvgIpc) is 3.42. The van der Waals surface area contributed by atoms with Gasteiger partial charge in [-0.1, -0.05) is 63.4 Å². The molecule has 0 saturated heterocycles. The number of aromatic hydroxyl groups is 1. The molecule has 2 aromatic carbocycles. The van der Waals surface area contributed by atoms with Crippen molar-refractivity contribution < 1.29 is 14.6 Å². The lowest BCUT2D eigenvalue weighted by Gasteiger charge is -2.59. The highest BCUT2D eigenvalue weighted by molar-refractivity contribution is 5.81. The van der Waals surface area contributed by atoms with Crippen molar-refractivity contribution in [1.29, 1.82) is 0 Å². The van der Waals surface area contributed by atoms with Gasteiger partial charge in [-0.3, -0.25) is 9.89 Å². The van der Waals surface area contributed by atoms with Gasteiger partial charge in [0.05, 0.1) is 5.41 Å². The van der Waals surface area contributed by atoms with Gasteiger partial charge in [0.25, 0.3) is 0 Å². The van der Waals surface area contributed by atoms with Crippen molar-refractivity contribution in [3.05, 3.63) is 78.1 Å². The Kier molecular flexibility index (Phi) is 7.41. The van der Waals surface area contributed by atoms with Crippen LogP contribution in [0.5, 0.6) is 11.5 Å². The average molecular weight is 501 g/mol. The molecule has 2 fully saturated rings. The number of carbonyl (C=O) groups is 1. The molecular weight excluding hydrogens is 460 g/mol. The predicted molar refractivity (Wildman–Crippen MR) is 146 cm³/mol. The van der Waals surface area contributed by atoms with Crippen LogP contribution in [-0.4, -0.2) is 21.3 Å². The summed E-state index contributed by atoms with van der Waals surface area (Å²) in [5.74, 6) is 1.05. The molecule has 5 heteroatoms. The molecule has 5 nitrogen and oxygen atoms in total. The number of phenols is 1. The summed E-state index contributed by atoms with van der Waals surface area (Å²) in [6, 6.07) is 19.3. The van der Waals surface area contributed by atoms with Gasteiger partial charge in [0, 0.05) is 17.8 Å². The van der Waals surface area contributed by atoms with Gasteiger partial charge in [0.15, 0.2) is 0 Å². The van der Waals surface area contributed by atoms with Crippen LogP contribution in [0.1, 0.15) is 94.7 Å². The van der Waals surface area contributed by atoms with E-state index in [-0.39, 0.29) is 34.9 Å². The van der Waals surface area contributed by atoms with Crippen molar-refractivity contribution in [1.82, 2.24) is 10.2 Å². The fourth-order valence-electron chi connectivity index (χ4n) is 7.39. The molecule has 1 aromatic heterocycles. The fourth-order valence-corrected chi connectivity index (χ4v) is 7.39. The highest BCUT2D eigenvalue weighted by Gasteiger charge is 2.63. The van der Waals surface area contributed by atoms with E-state index in [4.69, 9.17) is 4.74 Å². The van der Waals surface area contributed by atoms with Crippen molar-refractivity contribution in [2.24, 2.45) is 16.7 Å². The van der Waals surface area contributed by atoms with Gasteiger partial charge in [-0.2, -0.15) is 5.10 Å². The molecule has 5 rings (SSSR count). The van der Waals surface area contributed by atoms with E-state index < -0.39 is 5.41 Å². The van der Waals surface area contributed by atoms with Crippen molar-refractivity contribution in [3.8, 4) is 11.5 Å². The fraction of sp³-hybridized carbons (Fsp3) is 0.500. The molecule has 196 valence electrons. The first kappa shape index (κ1) is 25.6. The molecule has 0 aliphatic heterocycles. The molecule has 0 radical (unpaired) electrons. The minimum absolute atomic E-state index is 0.0447. The number of benzene rings is 2. The highest BCUT2D eigenvalue weighted by Crippen LogP contribution is 2.68. The number of para-hydroxylation sites is 1. The number of nitrogens with zero attached hydrogens (tertiary/aromatic N) is 1. The summed E-state index contributed by atoms with van der Waals surface area (Å²) in [6.45, 7) is 4.57. The molecule has 0 bridgehead atoms. The second kappa shape index (κ2) is 10.7. The predicted octanol–water partition coefficient (Wildman–Crippen LogP) is 7.76. The summed E-state index contributed by atoms with van der Waals surface area (Å²) in [5.41, 5.74) is 1.60. The third-order valence-electron chi connectivity index (χ3n) is 9.59. The smallest absolute Gasteiger partial charge is 0.318 e. The Morgan fingerprint density at radius 2 is 1.78 bits per heavy atom. The molecule has 2 N–H and O–H groups in total. The molecule has 0 amide bonds. The molecule has 37 heavy (non-hydrogen) atoms. The number of carbonyl (C=O) groups excluding carboxylic acids is 1. The van der Waals surface area contributed by atoms with E-state index in [9.17, 15) is 9.90 Å². The lowest BCUT2D eigenvalue weighted by molar-refractivity contribution is -0.163. The Morgan fingerprint density at radius 3 is 2.38 bits per heavy atom. The van der Waals surface area contributed by atoms with E-state index in [1.807, 2.05) is 36.5 Å². The van der Waals surface area contributed by atoms with Gasteiger partial charge in [0.1, 0.15) is 11.5 Å². The normalized spacial score (nSPS) is 27.9. The third-order valence-corrected chi connectivity index (χ3v) is 9.59. The zero-order chi connectivity index (χ0) is 25.9. The number of hydrogen-bond donors (Lipinski definition) is 2. The standard InChI is InChI=1S/C32H40N2O3/c1-3-5-19-31(4-2)20-21-32(24-10-9-11-24,30(36)37-26-12-7-6-8-13-26)29(27-18-22-33-34-27)28(31)23-14-16-25(35)17-15-23/h6-8,12-18,22,24,28-29,35H,3-5,9-11,19-21H2,1-2H3,(H,33,34). The number of aromatic amines is 1. The number of hydrogen-bond acceptors (Lipinski definition) is 4. The van der Waals surface area contributed by atoms with Crippen LogP contribution in [0.25, 0.3) is 0 Å². The Bertz CT molecular complexity index is 1160. The van der Waals surface area contributed by atoms with E-state index in [0.717, 1.165) is 63.5 Å². The van der Waals surface area contributed by atoms with Crippen molar-refractivity contribution in [2.75, 3.05) is 0 Å². The van der Waals surface area contributed by atoms with Gasteiger partial charge >= 0.3 is 5.97 Å². The SMILES string of the molecule is CCCCC1(CC)CCC(C(=O)Oc2ccccc2)(C2CCC2)C(c2ccn[nH]2)C1c1ccc(O)cc1. The second-order valence-electron chi connectivity index (χ2n) is 11.2. The third kappa shape index (κ3) is 4.58. The van der Waals surface area contributed by atoms with Crippen molar-refractivity contribution in [2.45, 2.75) is 83.5 Å². The first-order valence-electron chi connectivity index (χ1n) is 14.1. The summed E-state index contributed by atoms with van der Waals surface area (Å²) in [6.07, 6.45) is 11.3. The summed E-state index contributed by atoms with van der Waals surface area (Å²) in [7, 11) is 0. The molecular formula is C32H40N2O3. The van der Waals surface area contributed by atoms with Crippen LogP contribution in [0.3, 0.4) is 0 Å². The summed E-state index contributed by atoms with van der Waals surface area (Å²) in [5, 5.41) is 17.8. The van der Waals surface area contributed by atoms with Crippen molar-refractivity contribution >= 4 is 5.97 Å². The number of nitrogens with one attached hydrogen (secondary N) is 1. The molecule has 0 spiro atoms. The first-order valence-corrected chi connectivity index (χ1v) is 14.1. The lowest BCUT2D eigenvalue weighted by atomic mass is 9.44. The quantitative estimate of drug-likeness (QED) is 0.233. The summed E-state index contributed by atoms with van der Waals surface area (Å²) >= 11 is 0. The van der Waals surface area contributed by atoms with E-state index in [0.29, 0.717) is 5.75 Å². The highest BCUT2D eigenvalue weighted by atomic mass is 16.5. The van der Waals surface area contributed by atoms with Gasteiger partial charge in [-0.25, -0.2) is 0 Å². The molecule has 2 aliphatic carbocycles. The van der Waals surface area contributed by atoms with Crippen LogP contribution in [0.4, 0.5) is 0 Å². The number of unbranched alkanes of at least 4 members (excludes halogenated alkanes) is 1.